The van der Waals surface area contributed by atoms with E-state index >= 15 is 0 Å². The fourth-order valence-electron chi connectivity index (χ4n) is 3.65. The Morgan fingerprint density at radius 1 is 1.14 bits per heavy atom. The summed E-state index contributed by atoms with van der Waals surface area (Å²) in [6.07, 6.45) is 4.30. The van der Waals surface area contributed by atoms with E-state index in [0.717, 1.165) is 50.3 Å². The molecule has 5 rings (SSSR count). The molecule has 8 nitrogen and oxygen atoms in total. The molecule has 0 bridgehead atoms. The number of hydrogen-bond donors (Lipinski definition) is 1. The van der Waals surface area contributed by atoms with Gasteiger partial charge in [0.05, 0.1) is 5.69 Å². The van der Waals surface area contributed by atoms with Gasteiger partial charge < -0.3 is 9.84 Å². The number of aromatic nitrogens is 5. The minimum atomic E-state index is -0.167. The maximum Gasteiger partial charge on any atom is 0.351 e. The quantitative estimate of drug-likeness (QED) is 0.703. The normalized spacial score (nSPS) is 19.4. The molecule has 1 aliphatic carbocycles. The molecule has 9 heteroatoms. The van der Waals surface area contributed by atoms with E-state index in [9.17, 15) is 4.79 Å². The van der Waals surface area contributed by atoms with Crippen molar-refractivity contribution >= 4 is 12.4 Å². The highest BCUT2D eigenvalue weighted by Crippen LogP contribution is 2.38. The van der Waals surface area contributed by atoms with E-state index in [4.69, 9.17) is 4.52 Å². The zero-order valence-corrected chi connectivity index (χ0v) is 16.3. The largest absolute Gasteiger partial charge is 0.351 e. The lowest BCUT2D eigenvalue weighted by Crippen LogP contribution is -2.31. The third-order valence-corrected chi connectivity index (χ3v) is 5.24. The third kappa shape index (κ3) is 3.62. The Morgan fingerprint density at radius 2 is 1.96 bits per heavy atom. The van der Waals surface area contributed by atoms with E-state index < -0.39 is 0 Å². The van der Waals surface area contributed by atoms with E-state index in [0.29, 0.717) is 17.6 Å². The second-order valence-electron chi connectivity index (χ2n) is 7.34. The highest BCUT2D eigenvalue weighted by atomic mass is 35.5. The van der Waals surface area contributed by atoms with Crippen molar-refractivity contribution in [1.82, 2.24) is 29.8 Å². The van der Waals surface area contributed by atoms with Crippen LogP contribution in [0.1, 0.15) is 55.1 Å². The van der Waals surface area contributed by atoms with Gasteiger partial charge in [0.25, 0.3) is 0 Å². The van der Waals surface area contributed by atoms with E-state index in [1.165, 1.54) is 4.68 Å². The van der Waals surface area contributed by atoms with Crippen molar-refractivity contribution in [1.29, 1.82) is 0 Å². The number of hydrogen-bond acceptors (Lipinski definition) is 6. The van der Waals surface area contributed by atoms with Crippen LogP contribution >= 0.6 is 12.4 Å². The van der Waals surface area contributed by atoms with Crippen molar-refractivity contribution in [2.45, 2.75) is 44.1 Å². The first-order valence-corrected chi connectivity index (χ1v) is 9.58. The molecule has 28 heavy (non-hydrogen) atoms. The Hall–Kier alpha value is -2.45. The Morgan fingerprint density at radius 3 is 2.68 bits per heavy atom. The summed E-state index contributed by atoms with van der Waals surface area (Å²) >= 11 is 0. The fraction of sp³-hybridized carbons (Fsp3) is 0.474. The van der Waals surface area contributed by atoms with Gasteiger partial charge in [-0.3, -0.25) is 0 Å². The zero-order chi connectivity index (χ0) is 18.2. The Kier molecular flexibility index (Phi) is 5.32. The molecule has 3 heterocycles. The van der Waals surface area contributed by atoms with Crippen molar-refractivity contribution in [3.05, 3.63) is 58.4 Å². The topological polar surface area (TPSA) is 90.8 Å². The van der Waals surface area contributed by atoms with Gasteiger partial charge in [-0.25, -0.2) is 14.0 Å². The SMILES string of the molecule is Cl.O=c1n(Cc2noc(C3CC3)n2)nc(C2CCCNC2)n1-c1ccccc1. The summed E-state index contributed by atoms with van der Waals surface area (Å²) in [7, 11) is 0. The van der Waals surface area contributed by atoms with E-state index in [-0.39, 0.29) is 30.6 Å². The molecule has 2 aliphatic rings. The lowest BCUT2D eigenvalue weighted by Gasteiger charge is -2.22. The fourth-order valence-corrected chi connectivity index (χ4v) is 3.65. The minimum Gasteiger partial charge on any atom is -0.339 e. The average Bonchev–Trinajstić information content (AvgIpc) is 3.38. The van der Waals surface area contributed by atoms with Crippen LogP contribution in [-0.2, 0) is 6.54 Å². The Labute approximate surface area is 168 Å². The van der Waals surface area contributed by atoms with Gasteiger partial charge >= 0.3 is 5.69 Å². The van der Waals surface area contributed by atoms with Crippen LogP contribution in [0.2, 0.25) is 0 Å². The molecule has 1 aromatic carbocycles. The molecule has 1 saturated heterocycles. The molecule has 1 saturated carbocycles. The van der Waals surface area contributed by atoms with Crippen molar-refractivity contribution in [2.75, 3.05) is 13.1 Å². The van der Waals surface area contributed by atoms with Crippen molar-refractivity contribution in [2.24, 2.45) is 0 Å². The van der Waals surface area contributed by atoms with Crippen LogP contribution in [0.3, 0.4) is 0 Å². The highest BCUT2D eigenvalue weighted by Gasteiger charge is 2.30. The Bertz CT molecular complexity index is 986. The van der Waals surface area contributed by atoms with Crippen LogP contribution in [0.25, 0.3) is 5.69 Å². The van der Waals surface area contributed by atoms with Crippen LogP contribution in [0, 0.1) is 0 Å². The number of para-hydroxylation sites is 1. The summed E-state index contributed by atoms with van der Waals surface area (Å²) in [6.45, 7) is 2.07. The summed E-state index contributed by atoms with van der Waals surface area (Å²) in [6, 6.07) is 9.69. The van der Waals surface area contributed by atoms with E-state index in [1.807, 2.05) is 30.3 Å². The van der Waals surface area contributed by atoms with Crippen LogP contribution in [0.5, 0.6) is 0 Å². The molecular formula is C19H23ClN6O2. The van der Waals surface area contributed by atoms with Crippen molar-refractivity contribution in [3.63, 3.8) is 0 Å². The summed E-state index contributed by atoms with van der Waals surface area (Å²) in [5.74, 6) is 2.58. The van der Waals surface area contributed by atoms with Crippen LogP contribution in [-0.4, -0.2) is 37.6 Å². The number of rotatable bonds is 5. The first-order valence-electron chi connectivity index (χ1n) is 9.58. The summed E-state index contributed by atoms with van der Waals surface area (Å²) in [4.78, 5) is 17.6. The molecule has 1 aliphatic heterocycles. The van der Waals surface area contributed by atoms with Crippen molar-refractivity contribution < 1.29 is 4.52 Å². The molecule has 2 aromatic heterocycles. The standard InChI is InChI=1S/C19H22N6O2.ClH/c26-19-24(12-16-21-18(27-23-16)13-8-9-13)22-17(14-5-4-10-20-11-14)25(19)15-6-2-1-3-7-15;/h1-3,6-7,13-14,20H,4-5,8-12H2;1H. The molecule has 0 spiro atoms. The molecular weight excluding hydrogens is 380 g/mol. The number of benzene rings is 1. The molecule has 0 amide bonds. The zero-order valence-electron chi connectivity index (χ0n) is 15.5. The minimum absolute atomic E-state index is 0. The molecule has 1 unspecified atom stereocenters. The predicted molar refractivity (Wildman–Crippen MR) is 105 cm³/mol. The summed E-state index contributed by atoms with van der Waals surface area (Å²) < 4.78 is 8.50. The maximum atomic E-state index is 13.1. The molecule has 2 fully saturated rings. The van der Waals surface area contributed by atoms with Gasteiger partial charge in [-0.1, -0.05) is 23.4 Å². The Balaban J connectivity index is 0.00000192. The molecule has 1 atom stereocenters. The lowest BCUT2D eigenvalue weighted by atomic mass is 9.99. The number of nitrogens with one attached hydrogen (secondary N) is 1. The van der Waals surface area contributed by atoms with Crippen LogP contribution in [0.4, 0.5) is 0 Å². The van der Waals surface area contributed by atoms with Gasteiger partial charge in [-0.2, -0.15) is 10.1 Å². The predicted octanol–water partition coefficient (Wildman–Crippen LogP) is 2.23. The smallest absolute Gasteiger partial charge is 0.339 e. The van der Waals surface area contributed by atoms with E-state index in [1.54, 1.807) is 4.57 Å². The number of piperidine rings is 1. The summed E-state index contributed by atoms with van der Waals surface area (Å²) in [5.41, 5.74) is 0.667. The molecule has 1 N–H and O–H groups in total. The number of halogens is 1. The first kappa shape index (κ1) is 18.9. The van der Waals surface area contributed by atoms with E-state index in [2.05, 4.69) is 20.6 Å². The van der Waals surface area contributed by atoms with Crippen LogP contribution in [0.15, 0.2) is 39.6 Å². The molecule has 3 aromatic rings. The van der Waals surface area contributed by atoms with Gasteiger partial charge in [0, 0.05) is 18.4 Å². The van der Waals surface area contributed by atoms with Gasteiger partial charge in [0.2, 0.25) is 5.89 Å². The van der Waals surface area contributed by atoms with Crippen molar-refractivity contribution in [3.8, 4) is 5.69 Å². The molecule has 148 valence electrons. The summed E-state index contributed by atoms with van der Waals surface area (Å²) in [5, 5.41) is 12.1. The first-order chi connectivity index (χ1) is 13.3. The number of nitrogens with zero attached hydrogens (tertiary/aromatic N) is 5. The van der Waals surface area contributed by atoms with Gasteiger partial charge in [-0.05, 0) is 44.4 Å². The maximum absolute atomic E-state index is 13.1. The lowest BCUT2D eigenvalue weighted by molar-refractivity contribution is 0.372. The van der Waals surface area contributed by atoms with Crippen LogP contribution < -0.4 is 11.0 Å². The second kappa shape index (κ2) is 7.89. The molecule has 0 radical (unpaired) electrons. The van der Waals surface area contributed by atoms with Gasteiger partial charge in [0.1, 0.15) is 12.4 Å². The third-order valence-electron chi connectivity index (χ3n) is 5.24. The monoisotopic (exact) mass is 402 g/mol. The van der Waals surface area contributed by atoms with Gasteiger partial charge in [-0.15, -0.1) is 12.4 Å². The second-order valence-corrected chi connectivity index (χ2v) is 7.34. The van der Waals surface area contributed by atoms with Gasteiger partial charge in [0.15, 0.2) is 5.82 Å². The highest BCUT2D eigenvalue weighted by molar-refractivity contribution is 5.85. The average molecular weight is 403 g/mol.